The van der Waals surface area contributed by atoms with E-state index in [-0.39, 0.29) is 5.82 Å². The Kier molecular flexibility index (Phi) is 3.17. The van der Waals surface area contributed by atoms with Gasteiger partial charge in [0.25, 0.3) is 0 Å². The van der Waals surface area contributed by atoms with E-state index in [0.717, 1.165) is 31.2 Å². The Bertz CT molecular complexity index is 371. The van der Waals surface area contributed by atoms with Crippen molar-refractivity contribution < 1.29 is 4.39 Å². The first-order chi connectivity index (χ1) is 7.24. The maximum absolute atomic E-state index is 12.9. The second-order valence-corrected chi connectivity index (χ2v) is 4.21. The summed E-state index contributed by atoms with van der Waals surface area (Å²) in [5.41, 5.74) is 8.18. The van der Waals surface area contributed by atoms with Crippen LogP contribution in [0.15, 0.2) is 29.8 Å². The first kappa shape index (κ1) is 10.4. The van der Waals surface area contributed by atoms with E-state index < -0.39 is 0 Å². The van der Waals surface area contributed by atoms with Crippen LogP contribution in [0, 0.1) is 5.82 Å². The molecule has 0 aliphatic heterocycles. The zero-order valence-corrected chi connectivity index (χ0v) is 8.75. The Morgan fingerprint density at radius 2 is 2.27 bits per heavy atom. The molecule has 0 saturated heterocycles. The van der Waals surface area contributed by atoms with Crippen LogP contribution >= 0.6 is 0 Å². The molecule has 0 amide bonds. The average molecular weight is 205 g/mol. The zero-order chi connectivity index (χ0) is 10.7. The summed E-state index contributed by atoms with van der Waals surface area (Å²) in [7, 11) is 0. The summed E-state index contributed by atoms with van der Waals surface area (Å²) >= 11 is 0. The summed E-state index contributed by atoms with van der Waals surface area (Å²) in [6.45, 7) is 0. The second kappa shape index (κ2) is 4.58. The summed E-state index contributed by atoms with van der Waals surface area (Å²) in [6.07, 6.45) is 6.39. The SMILES string of the molecule is NC1CCCC(=Cc2cccc(F)c2)C1. The van der Waals surface area contributed by atoms with Crippen molar-refractivity contribution in [3.8, 4) is 0 Å². The molecule has 80 valence electrons. The van der Waals surface area contributed by atoms with Gasteiger partial charge >= 0.3 is 0 Å². The van der Waals surface area contributed by atoms with Crippen LogP contribution < -0.4 is 5.73 Å². The van der Waals surface area contributed by atoms with E-state index in [9.17, 15) is 4.39 Å². The minimum absolute atomic E-state index is 0.176. The molecule has 0 aromatic heterocycles. The van der Waals surface area contributed by atoms with Crippen LogP contribution in [0.2, 0.25) is 0 Å². The van der Waals surface area contributed by atoms with Gasteiger partial charge < -0.3 is 5.73 Å². The third kappa shape index (κ3) is 2.90. The van der Waals surface area contributed by atoms with E-state index in [4.69, 9.17) is 5.73 Å². The smallest absolute Gasteiger partial charge is 0.123 e. The van der Waals surface area contributed by atoms with Crippen molar-refractivity contribution in [2.24, 2.45) is 5.73 Å². The van der Waals surface area contributed by atoms with Gasteiger partial charge in [0.15, 0.2) is 0 Å². The molecule has 1 unspecified atom stereocenters. The van der Waals surface area contributed by atoms with E-state index in [1.165, 1.54) is 11.6 Å². The van der Waals surface area contributed by atoms with E-state index >= 15 is 0 Å². The molecule has 1 saturated carbocycles. The van der Waals surface area contributed by atoms with Gasteiger partial charge in [0.1, 0.15) is 5.82 Å². The van der Waals surface area contributed by atoms with Crippen molar-refractivity contribution in [2.45, 2.75) is 31.7 Å². The fraction of sp³-hybridized carbons (Fsp3) is 0.385. The molecule has 0 spiro atoms. The molecule has 2 heteroatoms. The van der Waals surface area contributed by atoms with Gasteiger partial charge in [-0.15, -0.1) is 0 Å². The Balaban J connectivity index is 2.15. The predicted molar refractivity (Wildman–Crippen MR) is 60.8 cm³/mol. The standard InChI is InChI=1S/C13H16FN/c14-12-5-1-3-10(8-12)7-11-4-2-6-13(15)9-11/h1,3,5,7-8,13H,2,4,6,9,15H2. The molecule has 0 heterocycles. The Hall–Kier alpha value is -1.15. The maximum Gasteiger partial charge on any atom is 0.123 e. The summed E-state index contributed by atoms with van der Waals surface area (Å²) < 4.78 is 12.9. The largest absolute Gasteiger partial charge is 0.327 e. The normalized spacial score (nSPS) is 24.4. The molecule has 1 aliphatic carbocycles. The molecule has 1 nitrogen and oxygen atoms in total. The summed E-state index contributed by atoms with van der Waals surface area (Å²) in [5, 5.41) is 0. The van der Waals surface area contributed by atoms with Crippen LogP contribution in [0.3, 0.4) is 0 Å². The lowest BCUT2D eigenvalue weighted by Crippen LogP contribution is -2.23. The van der Waals surface area contributed by atoms with E-state index in [2.05, 4.69) is 6.08 Å². The lowest BCUT2D eigenvalue weighted by atomic mass is 9.90. The van der Waals surface area contributed by atoms with Crippen molar-refractivity contribution >= 4 is 6.08 Å². The molecule has 1 fully saturated rings. The number of halogens is 1. The van der Waals surface area contributed by atoms with E-state index in [0.29, 0.717) is 6.04 Å². The Morgan fingerprint density at radius 3 is 3.00 bits per heavy atom. The van der Waals surface area contributed by atoms with E-state index in [1.54, 1.807) is 12.1 Å². The summed E-state index contributed by atoms with van der Waals surface area (Å²) in [6, 6.07) is 6.99. The Morgan fingerprint density at radius 1 is 1.40 bits per heavy atom. The second-order valence-electron chi connectivity index (χ2n) is 4.21. The van der Waals surface area contributed by atoms with Gasteiger partial charge in [-0.25, -0.2) is 4.39 Å². The lowest BCUT2D eigenvalue weighted by Gasteiger charge is -2.20. The fourth-order valence-electron chi connectivity index (χ4n) is 2.10. The quantitative estimate of drug-likeness (QED) is 0.749. The number of hydrogen-bond acceptors (Lipinski definition) is 1. The van der Waals surface area contributed by atoms with E-state index in [1.807, 2.05) is 6.07 Å². The van der Waals surface area contributed by atoms with Crippen molar-refractivity contribution in [3.05, 3.63) is 41.2 Å². The monoisotopic (exact) mass is 205 g/mol. The van der Waals surface area contributed by atoms with Crippen LogP contribution in [0.4, 0.5) is 4.39 Å². The third-order valence-corrected chi connectivity index (χ3v) is 2.82. The van der Waals surface area contributed by atoms with Crippen LogP contribution in [0.1, 0.15) is 31.2 Å². The molecule has 0 radical (unpaired) electrons. The molecule has 1 aliphatic rings. The van der Waals surface area contributed by atoms with Gasteiger partial charge in [-0.1, -0.05) is 23.8 Å². The maximum atomic E-state index is 12.9. The van der Waals surface area contributed by atoms with Gasteiger partial charge in [0.2, 0.25) is 0 Å². The third-order valence-electron chi connectivity index (χ3n) is 2.82. The predicted octanol–water partition coefficient (Wildman–Crippen LogP) is 3.11. The zero-order valence-electron chi connectivity index (χ0n) is 8.75. The van der Waals surface area contributed by atoms with Gasteiger partial charge in [-0.05, 0) is 43.4 Å². The van der Waals surface area contributed by atoms with Crippen molar-refractivity contribution in [1.82, 2.24) is 0 Å². The minimum Gasteiger partial charge on any atom is -0.327 e. The molecule has 0 bridgehead atoms. The first-order valence-electron chi connectivity index (χ1n) is 5.44. The highest BCUT2D eigenvalue weighted by Gasteiger charge is 2.12. The molecule has 1 aromatic rings. The topological polar surface area (TPSA) is 26.0 Å². The van der Waals surface area contributed by atoms with Gasteiger partial charge in [-0.2, -0.15) is 0 Å². The first-order valence-corrected chi connectivity index (χ1v) is 5.44. The molecule has 1 aromatic carbocycles. The van der Waals surface area contributed by atoms with Crippen molar-refractivity contribution in [2.75, 3.05) is 0 Å². The lowest BCUT2D eigenvalue weighted by molar-refractivity contribution is 0.520. The van der Waals surface area contributed by atoms with Crippen molar-refractivity contribution in [1.29, 1.82) is 0 Å². The highest BCUT2D eigenvalue weighted by Crippen LogP contribution is 2.24. The highest BCUT2D eigenvalue weighted by atomic mass is 19.1. The molecule has 2 rings (SSSR count). The van der Waals surface area contributed by atoms with Crippen molar-refractivity contribution in [3.63, 3.8) is 0 Å². The van der Waals surface area contributed by atoms with Crippen LogP contribution in [0.5, 0.6) is 0 Å². The average Bonchev–Trinajstić information content (AvgIpc) is 2.17. The highest BCUT2D eigenvalue weighted by molar-refractivity contribution is 5.53. The molecule has 2 N–H and O–H groups in total. The number of nitrogens with two attached hydrogens (primary N) is 1. The van der Waals surface area contributed by atoms with Gasteiger partial charge in [-0.3, -0.25) is 0 Å². The number of hydrogen-bond donors (Lipinski definition) is 1. The molecular formula is C13H16FN. The van der Waals surface area contributed by atoms with Gasteiger partial charge in [0.05, 0.1) is 0 Å². The van der Waals surface area contributed by atoms with Crippen LogP contribution in [0.25, 0.3) is 6.08 Å². The molecule has 15 heavy (non-hydrogen) atoms. The number of rotatable bonds is 1. The van der Waals surface area contributed by atoms with Crippen LogP contribution in [-0.4, -0.2) is 6.04 Å². The molecule has 1 atom stereocenters. The Labute approximate surface area is 89.8 Å². The summed E-state index contributed by atoms with van der Waals surface area (Å²) in [5.74, 6) is -0.176. The minimum atomic E-state index is -0.176. The van der Waals surface area contributed by atoms with Crippen LogP contribution in [-0.2, 0) is 0 Å². The summed E-state index contributed by atoms with van der Waals surface area (Å²) in [4.78, 5) is 0. The molecular weight excluding hydrogens is 189 g/mol. The van der Waals surface area contributed by atoms with Gasteiger partial charge in [0, 0.05) is 6.04 Å². The number of benzene rings is 1. The fourth-order valence-corrected chi connectivity index (χ4v) is 2.10.